The molecule has 1 fully saturated rings. The van der Waals surface area contributed by atoms with Crippen LogP contribution >= 0.6 is 0 Å². The van der Waals surface area contributed by atoms with Crippen LogP contribution in [0, 0.1) is 5.92 Å². The topological polar surface area (TPSA) is 72.5 Å². The molecule has 0 atom stereocenters. The average Bonchev–Trinajstić information content (AvgIpc) is 2.31. The second-order valence-corrected chi connectivity index (χ2v) is 6.82. The SMILES string of the molecule is CS(=O)(=O)c1ccc(CNC(=O)CC2COC2)cc1. The molecule has 0 aromatic heterocycles. The lowest BCUT2D eigenvalue weighted by Gasteiger charge is -2.25. The fraction of sp³-hybridized carbons (Fsp3) is 0.462. The Balaban J connectivity index is 1.84. The van der Waals surface area contributed by atoms with E-state index in [2.05, 4.69) is 5.32 Å². The van der Waals surface area contributed by atoms with Crippen molar-refractivity contribution in [1.29, 1.82) is 0 Å². The number of rotatable bonds is 5. The van der Waals surface area contributed by atoms with E-state index >= 15 is 0 Å². The highest BCUT2D eigenvalue weighted by Gasteiger charge is 2.21. The molecule has 1 saturated heterocycles. The third-order valence-corrected chi connectivity index (χ3v) is 4.15. The van der Waals surface area contributed by atoms with Gasteiger partial charge in [0.05, 0.1) is 18.1 Å². The molecule has 1 N–H and O–H groups in total. The third-order valence-electron chi connectivity index (χ3n) is 3.02. The predicted molar refractivity (Wildman–Crippen MR) is 70.3 cm³/mol. The molecule has 6 heteroatoms. The molecule has 0 radical (unpaired) electrons. The maximum Gasteiger partial charge on any atom is 0.220 e. The number of benzene rings is 1. The summed E-state index contributed by atoms with van der Waals surface area (Å²) >= 11 is 0. The van der Waals surface area contributed by atoms with Gasteiger partial charge in [0.15, 0.2) is 9.84 Å². The highest BCUT2D eigenvalue weighted by molar-refractivity contribution is 7.90. The van der Waals surface area contributed by atoms with E-state index < -0.39 is 9.84 Å². The van der Waals surface area contributed by atoms with Crippen molar-refractivity contribution < 1.29 is 17.9 Å². The average molecular weight is 283 g/mol. The molecule has 1 aromatic rings. The van der Waals surface area contributed by atoms with Gasteiger partial charge in [0.25, 0.3) is 0 Å². The Morgan fingerprint density at radius 3 is 2.42 bits per heavy atom. The summed E-state index contributed by atoms with van der Waals surface area (Å²) < 4.78 is 27.6. The van der Waals surface area contributed by atoms with Gasteiger partial charge in [0, 0.05) is 25.1 Å². The summed E-state index contributed by atoms with van der Waals surface area (Å²) in [4.78, 5) is 11.9. The van der Waals surface area contributed by atoms with Crippen molar-refractivity contribution in [2.75, 3.05) is 19.5 Å². The molecule has 0 spiro atoms. The van der Waals surface area contributed by atoms with Gasteiger partial charge in [-0.15, -0.1) is 0 Å². The normalized spacial score (nSPS) is 15.8. The zero-order valence-electron chi connectivity index (χ0n) is 10.8. The molecule has 0 aliphatic carbocycles. The van der Waals surface area contributed by atoms with Crippen molar-refractivity contribution in [3.63, 3.8) is 0 Å². The number of amides is 1. The Morgan fingerprint density at radius 2 is 1.95 bits per heavy atom. The number of hydrogen-bond donors (Lipinski definition) is 1. The lowest BCUT2D eigenvalue weighted by molar-refractivity contribution is -0.126. The van der Waals surface area contributed by atoms with Gasteiger partial charge in [-0.1, -0.05) is 12.1 Å². The molecule has 2 rings (SSSR count). The maximum absolute atomic E-state index is 11.6. The zero-order valence-corrected chi connectivity index (χ0v) is 11.6. The monoisotopic (exact) mass is 283 g/mol. The van der Waals surface area contributed by atoms with Gasteiger partial charge in [-0.3, -0.25) is 4.79 Å². The van der Waals surface area contributed by atoms with Crippen LogP contribution in [0.4, 0.5) is 0 Å². The third kappa shape index (κ3) is 4.04. The Bertz CT molecular complexity index is 547. The first-order valence-corrected chi connectivity index (χ1v) is 7.98. The van der Waals surface area contributed by atoms with Crippen LogP contribution < -0.4 is 5.32 Å². The molecular formula is C13H17NO4S. The number of carbonyl (C=O) groups is 1. The number of nitrogens with one attached hydrogen (secondary N) is 1. The molecule has 0 unspecified atom stereocenters. The van der Waals surface area contributed by atoms with Gasteiger partial charge < -0.3 is 10.1 Å². The van der Waals surface area contributed by atoms with E-state index in [-0.39, 0.29) is 10.8 Å². The highest BCUT2D eigenvalue weighted by Crippen LogP contribution is 2.14. The lowest BCUT2D eigenvalue weighted by Crippen LogP contribution is -2.34. The molecule has 0 bridgehead atoms. The van der Waals surface area contributed by atoms with Gasteiger partial charge in [-0.25, -0.2) is 8.42 Å². The van der Waals surface area contributed by atoms with Gasteiger partial charge in [-0.05, 0) is 17.7 Å². The Morgan fingerprint density at radius 1 is 1.32 bits per heavy atom. The predicted octanol–water partition coefficient (Wildman–Crippen LogP) is 0.743. The molecular weight excluding hydrogens is 266 g/mol. The van der Waals surface area contributed by atoms with E-state index in [1.807, 2.05) is 0 Å². The van der Waals surface area contributed by atoms with Crippen LogP contribution in [0.25, 0.3) is 0 Å². The van der Waals surface area contributed by atoms with Crippen LogP contribution in [0.1, 0.15) is 12.0 Å². The van der Waals surface area contributed by atoms with Crippen LogP contribution in [-0.4, -0.2) is 33.8 Å². The van der Waals surface area contributed by atoms with Gasteiger partial charge in [0.1, 0.15) is 0 Å². The second kappa shape index (κ2) is 5.71. The summed E-state index contributed by atoms with van der Waals surface area (Å²) in [5.74, 6) is 0.341. The Kier molecular flexibility index (Phi) is 4.21. The standard InChI is InChI=1S/C13H17NO4S/c1-19(16,17)12-4-2-10(3-5-12)7-14-13(15)6-11-8-18-9-11/h2-5,11H,6-9H2,1H3,(H,14,15). The number of sulfone groups is 1. The van der Waals surface area contributed by atoms with E-state index in [1.165, 1.54) is 6.26 Å². The molecule has 104 valence electrons. The van der Waals surface area contributed by atoms with Crippen molar-refractivity contribution >= 4 is 15.7 Å². The van der Waals surface area contributed by atoms with Crippen LogP contribution in [0.3, 0.4) is 0 Å². The van der Waals surface area contributed by atoms with Crippen LogP contribution in [0.5, 0.6) is 0 Å². The van der Waals surface area contributed by atoms with Gasteiger partial charge >= 0.3 is 0 Å². The second-order valence-electron chi connectivity index (χ2n) is 4.80. The van der Waals surface area contributed by atoms with E-state index in [9.17, 15) is 13.2 Å². The first-order valence-electron chi connectivity index (χ1n) is 6.08. The number of carbonyl (C=O) groups excluding carboxylic acids is 1. The van der Waals surface area contributed by atoms with Gasteiger partial charge in [-0.2, -0.15) is 0 Å². The summed E-state index contributed by atoms with van der Waals surface area (Å²) in [5.41, 5.74) is 0.880. The first-order chi connectivity index (χ1) is 8.95. The first kappa shape index (κ1) is 14.0. The molecule has 1 aliphatic heterocycles. The van der Waals surface area contributed by atoms with Gasteiger partial charge in [0.2, 0.25) is 5.91 Å². The molecule has 1 aliphatic rings. The number of hydrogen-bond acceptors (Lipinski definition) is 4. The lowest BCUT2D eigenvalue weighted by atomic mass is 10.0. The van der Waals surface area contributed by atoms with Crippen molar-refractivity contribution in [1.82, 2.24) is 5.32 Å². The fourth-order valence-electron chi connectivity index (χ4n) is 1.79. The summed E-state index contributed by atoms with van der Waals surface area (Å²) in [7, 11) is -3.16. The zero-order chi connectivity index (χ0) is 13.9. The smallest absolute Gasteiger partial charge is 0.220 e. The van der Waals surface area contributed by atoms with Crippen LogP contribution in [0.15, 0.2) is 29.2 Å². The van der Waals surface area contributed by atoms with Crippen molar-refractivity contribution in [3.8, 4) is 0 Å². The van der Waals surface area contributed by atoms with E-state index in [1.54, 1.807) is 24.3 Å². The minimum atomic E-state index is -3.16. The summed E-state index contributed by atoms with van der Waals surface area (Å²) in [6.07, 6.45) is 1.66. The molecule has 1 aromatic carbocycles. The minimum absolute atomic E-state index is 0.000453. The van der Waals surface area contributed by atoms with E-state index in [0.717, 1.165) is 5.56 Å². The highest BCUT2D eigenvalue weighted by atomic mass is 32.2. The summed E-state index contributed by atoms with van der Waals surface area (Å²) in [6.45, 7) is 1.74. The fourth-order valence-corrected chi connectivity index (χ4v) is 2.42. The summed E-state index contributed by atoms with van der Waals surface area (Å²) in [5, 5.41) is 2.81. The quantitative estimate of drug-likeness (QED) is 0.865. The Hall–Kier alpha value is -1.40. The molecule has 19 heavy (non-hydrogen) atoms. The maximum atomic E-state index is 11.6. The minimum Gasteiger partial charge on any atom is -0.381 e. The van der Waals surface area contributed by atoms with Crippen molar-refractivity contribution in [2.24, 2.45) is 5.92 Å². The molecule has 1 amide bonds. The Labute approximate surface area is 112 Å². The van der Waals surface area contributed by atoms with Crippen LogP contribution in [-0.2, 0) is 25.9 Å². The molecule has 1 heterocycles. The van der Waals surface area contributed by atoms with E-state index in [4.69, 9.17) is 4.74 Å². The number of ether oxygens (including phenoxy) is 1. The van der Waals surface area contributed by atoms with Crippen molar-refractivity contribution in [2.45, 2.75) is 17.9 Å². The largest absolute Gasteiger partial charge is 0.381 e. The molecule has 5 nitrogen and oxygen atoms in total. The molecule has 0 saturated carbocycles. The van der Waals surface area contributed by atoms with Crippen LogP contribution in [0.2, 0.25) is 0 Å². The van der Waals surface area contributed by atoms with Crippen molar-refractivity contribution in [3.05, 3.63) is 29.8 Å². The van der Waals surface area contributed by atoms with E-state index in [0.29, 0.717) is 32.1 Å². The summed E-state index contributed by atoms with van der Waals surface area (Å²) in [6, 6.07) is 6.53.